The highest BCUT2D eigenvalue weighted by Crippen LogP contribution is 2.33. The molecule has 1 heterocycles. The van der Waals surface area contributed by atoms with Gasteiger partial charge in [-0.2, -0.15) is 5.26 Å². The zero-order chi connectivity index (χ0) is 18.0. The molecule has 2 aromatic carbocycles. The summed E-state index contributed by atoms with van der Waals surface area (Å²) in [6.45, 7) is 4.79. The molecule has 3 rings (SSSR count). The Bertz CT molecular complexity index is 927. The molecule has 25 heavy (non-hydrogen) atoms. The number of nitrogens with zero attached hydrogens (tertiary/aromatic N) is 2. The van der Waals surface area contributed by atoms with E-state index in [1.54, 1.807) is 24.3 Å². The van der Waals surface area contributed by atoms with Crippen LogP contribution < -0.4 is 4.31 Å². The molecule has 1 aliphatic rings. The van der Waals surface area contributed by atoms with E-state index in [9.17, 15) is 8.42 Å². The van der Waals surface area contributed by atoms with E-state index in [0.29, 0.717) is 23.6 Å². The fraction of sp³-hybridized carbons (Fsp3) is 0.350. The number of sulfonamides is 1. The molecule has 0 fully saturated rings. The molecule has 130 valence electrons. The molecule has 0 unspecified atom stereocenters. The number of rotatable bonds is 4. The van der Waals surface area contributed by atoms with Gasteiger partial charge >= 0.3 is 0 Å². The number of fused-ring (bicyclic) bond motifs is 1. The zero-order valence-corrected chi connectivity index (χ0v) is 15.4. The fourth-order valence-electron chi connectivity index (χ4n) is 3.25. The van der Waals surface area contributed by atoms with Gasteiger partial charge in [-0.05, 0) is 53.6 Å². The topological polar surface area (TPSA) is 61.2 Å². The van der Waals surface area contributed by atoms with Gasteiger partial charge in [-0.15, -0.1) is 0 Å². The lowest BCUT2D eigenvalue weighted by Gasteiger charge is -2.31. The summed E-state index contributed by atoms with van der Waals surface area (Å²) in [6.07, 6.45) is 1.73. The minimum absolute atomic E-state index is 0.0894. The molecule has 0 aliphatic carbocycles. The number of hydrogen-bond acceptors (Lipinski definition) is 3. The normalized spacial score (nSPS) is 14.2. The lowest BCUT2D eigenvalue weighted by Crippen LogP contribution is -2.36. The van der Waals surface area contributed by atoms with Crippen molar-refractivity contribution in [2.75, 3.05) is 10.8 Å². The van der Waals surface area contributed by atoms with Gasteiger partial charge in [-0.1, -0.05) is 38.1 Å². The molecule has 0 bridgehead atoms. The number of nitriles is 1. The van der Waals surface area contributed by atoms with Crippen LogP contribution in [0.4, 0.5) is 5.69 Å². The summed E-state index contributed by atoms with van der Waals surface area (Å²) in [6, 6.07) is 15.0. The van der Waals surface area contributed by atoms with Crippen LogP contribution in [0.3, 0.4) is 0 Å². The minimum Gasteiger partial charge on any atom is -0.270 e. The van der Waals surface area contributed by atoms with Gasteiger partial charge in [0.05, 0.1) is 23.1 Å². The summed E-state index contributed by atoms with van der Waals surface area (Å²) in [5.74, 6) is 0.333. The average Bonchev–Trinajstić information content (AvgIpc) is 2.60. The van der Waals surface area contributed by atoms with Crippen molar-refractivity contribution in [1.29, 1.82) is 5.26 Å². The summed E-state index contributed by atoms with van der Waals surface area (Å²) < 4.78 is 27.5. The van der Waals surface area contributed by atoms with Gasteiger partial charge in [0.25, 0.3) is 0 Å². The summed E-state index contributed by atoms with van der Waals surface area (Å²) >= 11 is 0. The predicted octanol–water partition coefficient (Wildman–Crippen LogP) is 3.96. The second-order valence-electron chi connectivity index (χ2n) is 6.79. The van der Waals surface area contributed by atoms with E-state index in [2.05, 4.69) is 26.0 Å². The first-order valence-corrected chi connectivity index (χ1v) is 10.1. The number of aryl methyl sites for hydroxylation is 1. The summed E-state index contributed by atoms with van der Waals surface area (Å²) in [5.41, 5.74) is 4.26. The molecule has 2 aromatic rings. The monoisotopic (exact) mass is 354 g/mol. The third-order valence-electron chi connectivity index (χ3n) is 4.59. The Morgan fingerprint density at radius 2 is 2.00 bits per heavy atom. The van der Waals surface area contributed by atoms with Crippen LogP contribution in [0.5, 0.6) is 0 Å². The van der Waals surface area contributed by atoms with E-state index in [0.717, 1.165) is 24.1 Å². The zero-order valence-electron chi connectivity index (χ0n) is 14.6. The van der Waals surface area contributed by atoms with Crippen molar-refractivity contribution in [3.63, 3.8) is 0 Å². The van der Waals surface area contributed by atoms with Crippen molar-refractivity contribution >= 4 is 15.7 Å². The highest BCUT2D eigenvalue weighted by molar-refractivity contribution is 7.92. The van der Waals surface area contributed by atoms with Gasteiger partial charge < -0.3 is 0 Å². The molecule has 1 aliphatic heterocycles. The average molecular weight is 354 g/mol. The van der Waals surface area contributed by atoms with Gasteiger partial charge in [0.1, 0.15) is 0 Å². The molecule has 0 aromatic heterocycles. The first kappa shape index (κ1) is 17.5. The molecule has 4 nitrogen and oxygen atoms in total. The van der Waals surface area contributed by atoms with Crippen LogP contribution in [0.2, 0.25) is 0 Å². The molecular weight excluding hydrogens is 332 g/mol. The Balaban J connectivity index is 1.93. The number of hydrogen-bond donors (Lipinski definition) is 0. The quantitative estimate of drug-likeness (QED) is 0.835. The first-order valence-electron chi connectivity index (χ1n) is 8.53. The summed E-state index contributed by atoms with van der Waals surface area (Å²) in [7, 11) is -3.48. The second-order valence-corrected chi connectivity index (χ2v) is 8.68. The summed E-state index contributed by atoms with van der Waals surface area (Å²) in [5, 5.41) is 9.00. The van der Waals surface area contributed by atoms with Crippen LogP contribution in [-0.4, -0.2) is 15.0 Å². The molecule has 0 radical (unpaired) electrons. The van der Waals surface area contributed by atoms with Gasteiger partial charge in [0.15, 0.2) is 0 Å². The van der Waals surface area contributed by atoms with E-state index in [1.165, 1.54) is 9.87 Å². The van der Waals surface area contributed by atoms with Crippen molar-refractivity contribution in [3.8, 4) is 6.07 Å². The summed E-state index contributed by atoms with van der Waals surface area (Å²) in [4.78, 5) is 0. The molecule has 0 amide bonds. The Hall–Kier alpha value is -2.32. The van der Waals surface area contributed by atoms with Crippen LogP contribution in [0, 0.1) is 11.3 Å². The SMILES string of the molecule is CC(C)c1ccc2c(c1)CCCN2S(=O)(=O)Cc1cccc(C#N)c1. The lowest BCUT2D eigenvalue weighted by molar-refractivity contribution is 0.585. The Labute approximate surface area is 149 Å². The maximum absolute atomic E-state index is 13.0. The van der Waals surface area contributed by atoms with Crippen LogP contribution >= 0.6 is 0 Å². The highest BCUT2D eigenvalue weighted by atomic mass is 32.2. The van der Waals surface area contributed by atoms with Gasteiger partial charge in [0.2, 0.25) is 10.0 Å². The molecule has 5 heteroatoms. The smallest absolute Gasteiger partial charge is 0.239 e. The third-order valence-corrected chi connectivity index (χ3v) is 6.34. The van der Waals surface area contributed by atoms with Crippen molar-refractivity contribution < 1.29 is 8.42 Å². The Morgan fingerprint density at radius 1 is 1.20 bits per heavy atom. The third kappa shape index (κ3) is 3.69. The van der Waals surface area contributed by atoms with Crippen molar-refractivity contribution in [1.82, 2.24) is 0 Å². The van der Waals surface area contributed by atoms with Crippen LogP contribution in [0.15, 0.2) is 42.5 Å². The van der Waals surface area contributed by atoms with E-state index < -0.39 is 10.0 Å². The molecule has 0 spiro atoms. The van der Waals surface area contributed by atoms with Gasteiger partial charge in [0, 0.05) is 6.54 Å². The van der Waals surface area contributed by atoms with E-state index >= 15 is 0 Å². The van der Waals surface area contributed by atoms with E-state index in [-0.39, 0.29) is 5.75 Å². The van der Waals surface area contributed by atoms with Crippen LogP contribution in [-0.2, 0) is 22.2 Å². The molecule has 0 saturated heterocycles. The first-order chi connectivity index (χ1) is 11.9. The number of anilines is 1. The number of benzene rings is 2. The van der Waals surface area contributed by atoms with Crippen molar-refractivity contribution in [2.24, 2.45) is 0 Å². The fourth-order valence-corrected chi connectivity index (χ4v) is 4.89. The second kappa shape index (κ2) is 6.89. The maximum atomic E-state index is 13.0. The van der Waals surface area contributed by atoms with Crippen LogP contribution in [0.1, 0.15) is 48.4 Å². The van der Waals surface area contributed by atoms with E-state index in [4.69, 9.17) is 5.26 Å². The minimum atomic E-state index is -3.48. The Kier molecular flexibility index (Phi) is 4.82. The van der Waals surface area contributed by atoms with Crippen molar-refractivity contribution in [2.45, 2.75) is 38.4 Å². The highest BCUT2D eigenvalue weighted by Gasteiger charge is 2.28. The van der Waals surface area contributed by atoms with Gasteiger partial charge in [-0.25, -0.2) is 8.42 Å². The van der Waals surface area contributed by atoms with Gasteiger partial charge in [-0.3, -0.25) is 4.31 Å². The molecule has 0 N–H and O–H groups in total. The van der Waals surface area contributed by atoms with E-state index in [1.807, 2.05) is 12.1 Å². The lowest BCUT2D eigenvalue weighted by atomic mass is 9.96. The Morgan fingerprint density at radius 3 is 2.72 bits per heavy atom. The van der Waals surface area contributed by atoms with Crippen molar-refractivity contribution in [3.05, 3.63) is 64.7 Å². The standard InChI is InChI=1S/C20H22N2O2S/c1-15(2)18-8-9-20-19(12-18)7-4-10-22(20)25(23,24)14-17-6-3-5-16(11-17)13-21/h3,5-6,8-9,11-12,15H,4,7,10,14H2,1-2H3. The molecular formula is C20H22N2O2S. The predicted molar refractivity (Wildman–Crippen MR) is 100.0 cm³/mol. The largest absolute Gasteiger partial charge is 0.270 e. The molecule has 0 saturated carbocycles. The molecule has 0 atom stereocenters. The maximum Gasteiger partial charge on any atom is 0.239 e. The van der Waals surface area contributed by atoms with Crippen LogP contribution in [0.25, 0.3) is 0 Å².